The van der Waals surface area contributed by atoms with Crippen LogP contribution in [0, 0.1) is 27.7 Å². The van der Waals surface area contributed by atoms with E-state index in [1.807, 2.05) is 37.3 Å². The smallest absolute Gasteiger partial charge is 0.493 e. The number of aryl methyl sites for hydroxylation is 4. The van der Waals surface area contributed by atoms with E-state index in [2.05, 4.69) is 50.0 Å². The largest absolute Gasteiger partial charge is 0.512 e. The molecule has 0 unspecified atom stereocenters. The lowest BCUT2D eigenvalue weighted by atomic mass is 9.97. The maximum Gasteiger partial charge on any atom is 0.512 e. The molecule has 0 aliphatic carbocycles. The van der Waals surface area contributed by atoms with E-state index < -0.39 is 6.16 Å². The van der Waals surface area contributed by atoms with Crippen molar-refractivity contribution >= 4 is 17.1 Å². The van der Waals surface area contributed by atoms with Crippen molar-refractivity contribution in [2.45, 2.75) is 40.5 Å². The van der Waals surface area contributed by atoms with Crippen LogP contribution in [0.1, 0.15) is 34.2 Å². The molecule has 0 atom stereocenters. The molecule has 5 heteroatoms. The van der Waals surface area contributed by atoms with Crippen molar-refractivity contribution in [3.05, 3.63) is 82.4 Å². The third-order valence-electron chi connectivity index (χ3n) is 6.22. The van der Waals surface area contributed by atoms with E-state index in [0.29, 0.717) is 13.0 Å². The van der Waals surface area contributed by atoms with Crippen LogP contribution in [0.15, 0.2) is 54.6 Å². The fraction of sp³-hybridized carbons (Fsp3) is 0.250. The van der Waals surface area contributed by atoms with E-state index in [0.717, 1.165) is 56.5 Å². The van der Waals surface area contributed by atoms with Crippen molar-refractivity contribution in [2.75, 3.05) is 6.61 Å². The molecule has 1 heterocycles. The second kappa shape index (κ2) is 9.41. The van der Waals surface area contributed by atoms with E-state index >= 15 is 0 Å². The van der Waals surface area contributed by atoms with Crippen molar-refractivity contribution < 1.29 is 19.4 Å². The average Bonchev–Trinajstić information content (AvgIpc) is 3.13. The normalized spacial score (nSPS) is 11.0. The number of carboxylic acid groups (broad SMARTS) is 1. The molecule has 0 fully saturated rings. The van der Waals surface area contributed by atoms with Crippen LogP contribution in [-0.4, -0.2) is 22.9 Å². The first kappa shape index (κ1) is 22.5. The third-order valence-corrected chi connectivity index (χ3v) is 6.22. The Balaban J connectivity index is 1.63. The molecule has 0 aliphatic rings. The van der Waals surface area contributed by atoms with E-state index in [4.69, 9.17) is 9.47 Å². The number of rotatable bonds is 7. The topological polar surface area (TPSA) is 71.6 Å². The molecule has 170 valence electrons. The van der Waals surface area contributed by atoms with Gasteiger partial charge in [0.2, 0.25) is 5.88 Å². The summed E-state index contributed by atoms with van der Waals surface area (Å²) in [7, 11) is 0. The van der Waals surface area contributed by atoms with Gasteiger partial charge in [0.15, 0.2) is 0 Å². The van der Waals surface area contributed by atoms with Gasteiger partial charge in [0.25, 0.3) is 0 Å². The zero-order valence-corrected chi connectivity index (χ0v) is 19.5. The molecule has 1 aromatic heterocycles. The van der Waals surface area contributed by atoms with Crippen molar-refractivity contribution in [1.82, 2.24) is 4.98 Å². The molecule has 5 nitrogen and oxygen atoms in total. The van der Waals surface area contributed by atoms with Gasteiger partial charge in [-0.1, -0.05) is 54.6 Å². The minimum atomic E-state index is -1.33. The Morgan fingerprint density at radius 3 is 2.36 bits per heavy atom. The summed E-state index contributed by atoms with van der Waals surface area (Å²) in [6.07, 6.45) is 0.0242. The standard InChI is InChI=1S/C28H29NO4/c1-17-14-15-19(3)26(20(17)4)32-16-8-13-24-23-12-7-11-22(21-10-6-5-9-18(21)2)25(23)29-27(24)33-28(30)31/h5-7,9-12,14-15,29H,8,13,16H2,1-4H3,(H,30,31). The Hall–Kier alpha value is -3.73. The van der Waals surface area contributed by atoms with Crippen molar-refractivity contribution in [3.63, 3.8) is 0 Å². The Bertz CT molecular complexity index is 1320. The van der Waals surface area contributed by atoms with Gasteiger partial charge in [0.05, 0.1) is 12.1 Å². The monoisotopic (exact) mass is 443 g/mol. The Kier molecular flexibility index (Phi) is 6.40. The Labute approximate surface area is 194 Å². The number of aromatic amines is 1. The van der Waals surface area contributed by atoms with Gasteiger partial charge in [-0.2, -0.15) is 0 Å². The van der Waals surface area contributed by atoms with E-state index in [1.165, 1.54) is 5.56 Å². The summed E-state index contributed by atoms with van der Waals surface area (Å²) in [6.45, 7) is 8.80. The van der Waals surface area contributed by atoms with E-state index in [-0.39, 0.29) is 5.88 Å². The van der Waals surface area contributed by atoms with Crippen LogP contribution >= 0.6 is 0 Å². The second-order valence-corrected chi connectivity index (χ2v) is 8.45. The van der Waals surface area contributed by atoms with Crippen LogP contribution in [0.3, 0.4) is 0 Å². The van der Waals surface area contributed by atoms with E-state index in [1.54, 1.807) is 0 Å². The summed E-state index contributed by atoms with van der Waals surface area (Å²) in [5, 5.41) is 10.3. The van der Waals surface area contributed by atoms with Gasteiger partial charge in [-0.15, -0.1) is 0 Å². The molecule has 0 aliphatic heterocycles. The second-order valence-electron chi connectivity index (χ2n) is 8.45. The molecular weight excluding hydrogens is 414 g/mol. The first-order valence-corrected chi connectivity index (χ1v) is 11.2. The number of fused-ring (bicyclic) bond motifs is 1. The summed E-state index contributed by atoms with van der Waals surface area (Å²) in [4.78, 5) is 14.6. The molecule has 0 bridgehead atoms. The zero-order chi connectivity index (χ0) is 23.5. The first-order valence-electron chi connectivity index (χ1n) is 11.2. The summed E-state index contributed by atoms with van der Waals surface area (Å²) in [6, 6.07) is 18.4. The van der Waals surface area contributed by atoms with Gasteiger partial charge in [-0.05, 0) is 68.4 Å². The van der Waals surface area contributed by atoms with Gasteiger partial charge >= 0.3 is 6.16 Å². The summed E-state index contributed by atoms with van der Waals surface area (Å²) in [5.74, 6) is 1.21. The fourth-order valence-corrected chi connectivity index (χ4v) is 4.34. The molecule has 0 saturated heterocycles. The number of hydrogen-bond donors (Lipinski definition) is 2. The van der Waals surface area contributed by atoms with Crippen LogP contribution in [-0.2, 0) is 6.42 Å². The Morgan fingerprint density at radius 1 is 0.879 bits per heavy atom. The van der Waals surface area contributed by atoms with Crippen LogP contribution in [0.4, 0.5) is 4.79 Å². The number of aromatic nitrogens is 1. The minimum Gasteiger partial charge on any atom is -0.493 e. The van der Waals surface area contributed by atoms with Gasteiger partial charge < -0.3 is 19.6 Å². The molecule has 0 amide bonds. The maximum atomic E-state index is 11.4. The number of H-pyrrole nitrogens is 1. The van der Waals surface area contributed by atoms with Gasteiger partial charge in [-0.3, -0.25) is 0 Å². The summed E-state index contributed by atoms with van der Waals surface area (Å²) >= 11 is 0. The number of para-hydroxylation sites is 1. The summed E-state index contributed by atoms with van der Waals surface area (Å²) in [5.41, 5.74) is 8.48. The highest BCUT2D eigenvalue weighted by Crippen LogP contribution is 2.37. The molecule has 0 radical (unpaired) electrons. The van der Waals surface area contributed by atoms with Crippen LogP contribution in [0.25, 0.3) is 22.0 Å². The first-order chi connectivity index (χ1) is 15.9. The van der Waals surface area contributed by atoms with Crippen molar-refractivity contribution in [3.8, 4) is 22.8 Å². The molecule has 3 aromatic carbocycles. The number of carbonyl (C=O) groups is 1. The molecular formula is C28H29NO4. The van der Waals surface area contributed by atoms with Gasteiger partial charge in [0, 0.05) is 16.5 Å². The highest BCUT2D eigenvalue weighted by Gasteiger charge is 2.18. The van der Waals surface area contributed by atoms with Gasteiger partial charge in [-0.25, -0.2) is 4.79 Å². The quantitative estimate of drug-likeness (QED) is 0.235. The summed E-state index contributed by atoms with van der Waals surface area (Å²) < 4.78 is 11.3. The zero-order valence-electron chi connectivity index (χ0n) is 19.5. The lowest BCUT2D eigenvalue weighted by molar-refractivity contribution is 0.142. The molecule has 4 rings (SSSR count). The molecule has 0 saturated carbocycles. The third kappa shape index (κ3) is 4.58. The predicted molar refractivity (Wildman–Crippen MR) is 132 cm³/mol. The fourth-order valence-electron chi connectivity index (χ4n) is 4.34. The average molecular weight is 444 g/mol. The lowest BCUT2D eigenvalue weighted by Gasteiger charge is -2.14. The van der Waals surface area contributed by atoms with E-state index in [9.17, 15) is 9.90 Å². The van der Waals surface area contributed by atoms with Crippen LogP contribution in [0.2, 0.25) is 0 Å². The van der Waals surface area contributed by atoms with Crippen LogP contribution in [0.5, 0.6) is 11.6 Å². The minimum absolute atomic E-state index is 0.279. The SMILES string of the molecule is Cc1ccccc1-c1cccc2c(CCCOc3c(C)ccc(C)c3C)c(OC(=O)O)[nH]c12. The number of nitrogens with one attached hydrogen (secondary N) is 1. The number of benzene rings is 3. The molecule has 33 heavy (non-hydrogen) atoms. The van der Waals surface area contributed by atoms with Crippen molar-refractivity contribution in [2.24, 2.45) is 0 Å². The highest BCUT2D eigenvalue weighted by molar-refractivity contribution is 5.98. The number of ether oxygens (including phenoxy) is 2. The lowest BCUT2D eigenvalue weighted by Crippen LogP contribution is -2.06. The highest BCUT2D eigenvalue weighted by atomic mass is 16.7. The molecule has 4 aromatic rings. The van der Waals surface area contributed by atoms with Crippen LogP contribution < -0.4 is 9.47 Å². The number of hydrogen-bond acceptors (Lipinski definition) is 3. The Morgan fingerprint density at radius 2 is 1.61 bits per heavy atom. The maximum absolute atomic E-state index is 11.4. The van der Waals surface area contributed by atoms with Gasteiger partial charge in [0.1, 0.15) is 5.75 Å². The van der Waals surface area contributed by atoms with Crippen molar-refractivity contribution in [1.29, 1.82) is 0 Å². The predicted octanol–water partition coefficient (Wildman–Crippen LogP) is 7.14. The molecule has 0 spiro atoms. The molecule has 2 N–H and O–H groups in total.